The van der Waals surface area contributed by atoms with Crippen molar-refractivity contribution >= 4 is 5.91 Å². The van der Waals surface area contributed by atoms with E-state index in [1.54, 1.807) is 33.8 Å². The van der Waals surface area contributed by atoms with Gasteiger partial charge in [-0.2, -0.15) is 0 Å². The Morgan fingerprint density at radius 2 is 1.81 bits per heavy atom. The first-order valence-corrected chi connectivity index (χ1v) is 11.9. The van der Waals surface area contributed by atoms with E-state index in [0.29, 0.717) is 50.9 Å². The molecule has 5 rings (SSSR count). The summed E-state index contributed by atoms with van der Waals surface area (Å²) in [6.07, 6.45) is 1.51. The quantitative estimate of drug-likeness (QED) is 0.374. The normalized spacial score (nSPS) is 15.1. The largest absolute Gasteiger partial charge is 0.494 e. The number of amides is 1. The second kappa shape index (κ2) is 10.7. The Hall–Kier alpha value is -4.05. The van der Waals surface area contributed by atoms with Crippen molar-refractivity contribution in [1.29, 1.82) is 0 Å². The predicted molar refractivity (Wildman–Crippen MR) is 129 cm³/mol. The molecule has 0 saturated carbocycles. The van der Waals surface area contributed by atoms with Crippen molar-refractivity contribution in [2.75, 3.05) is 32.8 Å². The number of hydrogen-bond acceptors (Lipinski definition) is 7. The number of nitrogens with zero attached hydrogens (tertiary/aromatic N) is 6. The Morgan fingerprint density at radius 1 is 1.06 bits per heavy atom. The fraction of sp³-hybridized carbons (Fsp3) is 0.308. The van der Waals surface area contributed by atoms with Crippen LogP contribution in [0.1, 0.15) is 40.5 Å². The predicted octanol–water partition coefficient (Wildman–Crippen LogP) is 3.40. The number of hydrogen-bond donors (Lipinski definition) is 0. The number of tetrazole rings is 1. The van der Waals surface area contributed by atoms with Crippen LogP contribution in [0.5, 0.6) is 5.75 Å². The molecule has 1 aliphatic heterocycles. The highest BCUT2D eigenvalue weighted by atomic mass is 19.1. The average Bonchev–Trinajstić information content (AvgIpc) is 3.60. The van der Waals surface area contributed by atoms with Gasteiger partial charge in [0.05, 0.1) is 25.5 Å². The standard InChI is InChI=1S/C26H27FN6O3/c1-2-35-22-11-7-20(8-12-22)24(25-28-29-30-33(25)18-19-5-9-21(27)10-6-19)31-13-15-32(16-14-31)26(34)23-4-3-17-36-23/h3-12,17,24H,2,13-16,18H2,1H3. The molecule has 186 valence electrons. The number of carbonyl (C=O) groups excluding carboxylic acids is 1. The lowest BCUT2D eigenvalue weighted by molar-refractivity contribution is 0.0559. The molecule has 9 nitrogen and oxygen atoms in total. The number of carbonyl (C=O) groups is 1. The Balaban J connectivity index is 1.41. The van der Waals surface area contributed by atoms with Crippen molar-refractivity contribution in [1.82, 2.24) is 30.0 Å². The lowest BCUT2D eigenvalue weighted by Crippen LogP contribution is -2.50. The zero-order valence-corrected chi connectivity index (χ0v) is 20.0. The molecule has 4 aromatic rings. The van der Waals surface area contributed by atoms with Crippen LogP contribution >= 0.6 is 0 Å². The molecule has 36 heavy (non-hydrogen) atoms. The first-order chi connectivity index (χ1) is 17.6. The average molecular weight is 491 g/mol. The molecule has 3 heterocycles. The Labute approximate surface area is 208 Å². The zero-order valence-electron chi connectivity index (χ0n) is 20.0. The summed E-state index contributed by atoms with van der Waals surface area (Å²) < 4.78 is 26.1. The molecule has 0 bridgehead atoms. The van der Waals surface area contributed by atoms with E-state index in [9.17, 15) is 9.18 Å². The van der Waals surface area contributed by atoms with Crippen molar-refractivity contribution in [2.45, 2.75) is 19.5 Å². The third kappa shape index (κ3) is 5.13. The number of benzene rings is 2. The molecule has 0 radical (unpaired) electrons. The summed E-state index contributed by atoms with van der Waals surface area (Å²) in [5.74, 6) is 1.41. The minimum Gasteiger partial charge on any atom is -0.494 e. The third-order valence-electron chi connectivity index (χ3n) is 6.26. The van der Waals surface area contributed by atoms with Crippen LogP contribution in [0.2, 0.25) is 0 Å². The van der Waals surface area contributed by atoms with E-state index in [0.717, 1.165) is 16.9 Å². The Morgan fingerprint density at radius 3 is 2.47 bits per heavy atom. The number of furan rings is 1. The third-order valence-corrected chi connectivity index (χ3v) is 6.26. The first-order valence-electron chi connectivity index (χ1n) is 11.9. The molecule has 1 saturated heterocycles. The van der Waals surface area contributed by atoms with Crippen molar-refractivity contribution < 1.29 is 18.3 Å². The minimum absolute atomic E-state index is 0.113. The van der Waals surface area contributed by atoms with Gasteiger partial charge in [-0.3, -0.25) is 9.69 Å². The van der Waals surface area contributed by atoms with Crippen LogP contribution in [0.15, 0.2) is 71.3 Å². The molecule has 1 atom stereocenters. The molecular weight excluding hydrogens is 463 g/mol. The van der Waals surface area contributed by atoms with E-state index in [4.69, 9.17) is 9.15 Å². The Bertz CT molecular complexity index is 1270. The molecule has 0 aliphatic carbocycles. The number of halogens is 1. The highest BCUT2D eigenvalue weighted by molar-refractivity contribution is 5.91. The summed E-state index contributed by atoms with van der Waals surface area (Å²) in [6.45, 7) is 5.31. The lowest BCUT2D eigenvalue weighted by atomic mass is 10.0. The van der Waals surface area contributed by atoms with Gasteiger partial charge in [0, 0.05) is 26.2 Å². The van der Waals surface area contributed by atoms with Crippen LogP contribution in [0.4, 0.5) is 4.39 Å². The van der Waals surface area contributed by atoms with Crippen LogP contribution in [-0.2, 0) is 6.54 Å². The molecule has 0 spiro atoms. The van der Waals surface area contributed by atoms with Gasteiger partial charge < -0.3 is 14.1 Å². The van der Waals surface area contributed by atoms with Gasteiger partial charge in [-0.25, -0.2) is 9.07 Å². The van der Waals surface area contributed by atoms with Gasteiger partial charge in [-0.05, 0) is 64.9 Å². The topological polar surface area (TPSA) is 89.5 Å². The summed E-state index contributed by atoms with van der Waals surface area (Å²) in [5, 5.41) is 12.6. The van der Waals surface area contributed by atoms with Gasteiger partial charge in [0.15, 0.2) is 11.6 Å². The maximum atomic E-state index is 13.4. The molecular formula is C26H27FN6O3. The van der Waals surface area contributed by atoms with Gasteiger partial charge in [0.25, 0.3) is 5.91 Å². The fourth-order valence-electron chi connectivity index (χ4n) is 4.46. The molecule has 2 aromatic carbocycles. The van der Waals surface area contributed by atoms with Crippen molar-refractivity contribution in [3.8, 4) is 5.75 Å². The van der Waals surface area contributed by atoms with E-state index >= 15 is 0 Å². The first kappa shape index (κ1) is 23.7. The van der Waals surface area contributed by atoms with Gasteiger partial charge in [-0.1, -0.05) is 24.3 Å². The Kier molecular flexibility index (Phi) is 7.03. The summed E-state index contributed by atoms with van der Waals surface area (Å²) in [6, 6.07) is 17.4. The maximum absolute atomic E-state index is 13.4. The van der Waals surface area contributed by atoms with Crippen LogP contribution in [-0.4, -0.2) is 68.7 Å². The highest BCUT2D eigenvalue weighted by Crippen LogP contribution is 2.30. The minimum atomic E-state index is -0.287. The number of aromatic nitrogens is 4. The van der Waals surface area contributed by atoms with E-state index in [1.165, 1.54) is 18.4 Å². The monoisotopic (exact) mass is 490 g/mol. The maximum Gasteiger partial charge on any atom is 0.289 e. The SMILES string of the molecule is CCOc1ccc(C(c2nnnn2Cc2ccc(F)cc2)N2CCN(C(=O)c3ccco3)CC2)cc1. The van der Waals surface area contributed by atoms with Crippen LogP contribution in [0.25, 0.3) is 0 Å². The summed E-state index contributed by atoms with van der Waals surface area (Å²) in [4.78, 5) is 16.8. The molecule has 1 fully saturated rings. The van der Waals surface area contributed by atoms with Gasteiger partial charge >= 0.3 is 0 Å². The fourth-order valence-corrected chi connectivity index (χ4v) is 4.46. The van der Waals surface area contributed by atoms with Crippen LogP contribution < -0.4 is 4.74 Å². The molecule has 2 aromatic heterocycles. The molecule has 1 aliphatic rings. The lowest BCUT2D eigenvalue weighted by Gasteiger charge is -2.38. The highest BCUT2D eigenvalue weighted by Gasteiger charge is 2.32. The molecule has 1 amide bonds. The molecule has 10 heteroatoms. The second-order valence-corrected chi connectivity index (χ2v) is 8.53. The van der Waals surface area contributed by atoms with E-state index in [2.05, 4.69) is 20.4 Å². The molecule has 1 unspecified atom stereocenters. The van der Waals surface area contributed by atoms with E-state index < -0.39 is 0 Å². The van der Waals surface area contributed by atoms with Gasteiger partial charge in [-0.15, -0.1) is 5.10 Å². The van der Waals surface area contributed by atoms with E-state index in [1.807, 2.05) is 31.2 Å². The summed E-state index contributed by atoms with van der Waals surface area (Å²) >= 11 is 0. The van der Waals surface area contributed by atoms with Crippen molar-refractivity contribution in [3.63, 3.8) is 0 Å². The van der Waals surface area contributed by atoms with Crippen molar-refractivity contribution in [2.24, 2.45) is 0 Å². The van der Waals surface area contributed by atoms with E-state index in [-0.39, 0.29) is 17.8 Å². The number of rotatable bonds is 8. The van der Waals surface area contributed by atoms with Gasteiger partial charge in [0.1, 0.15) is 11.6 Å². The number of piperazine rings is 1. The smallest absolute Gasteiger partial charge is 0.289 e. The summed E-state index contributed by atoms with van der Waals surface area (Å²) in [5.41, 5.74) is 1.91. The van der Waals surface area contributed by atoms with Crippen LogP contribution in [0.3, 0.4) is 0 Å². The molecule has 0 N–H and O–H groups in total. The number of ether oxygens (including phenoxy) is 1. The van der Waals surface area contributed by atoms with Gasteiger partial charge in [0.2, 0.25) is 0 Å². The van der Waals surface area contributed by atoms with Crippen LogP contribution in [0, 0.1) is 5.82 Å². The van der Waals surface area contributed by atoms with Crippen molar-refractivity contribution in [3.05, 3.63) is 95.5 Å². The zero-order chi connectivity index (χ0) is 24.9. The second-order valence-electron chi connectivity index (χ2n) is 8.53. The summed E-state index contributed by atoms with van der Waals surface area (Å²) in [7, 11) is 0.